The summed E-state index contributed by atoms with van der Waals surface area (Å²) in [5.41, 5.74) is 0.890. The molecule has 0 fully saturated rings. The minimum Gasteiger partial charge on any atom is -0.482 e. The second-order valence-electron chi connectivity index (χ2n) is 4.24. The molecule has 1 aromatic heterocycles. The second kappa shape index (κ2) is 5.05. The van der Waals surface area contributed by atoms with Gasteiger partial charge in [-0.25, -0.2) is 9.78 Å². The molecule has 20 heavy (non-hydrogen) atoms. The van der Waals surface area contributed by atoms with Crippen LogP contribution in [-0.4, -0.2) is 22.7 Å². The quantitative estimate of drug-likeness (QED) is 0.788. The molecular formula is C15H11NO4. The molecule has 1 heterocycles. The Bertz CT molecular complexity index is 750. The van der Waals surface area contributed by atoms with Gasteiger partial charge in [0, 0.05) is 5.56 Å². The van der Waals surface area contributed by atoms with Gasteiger partial charge in [0.15, 0.2) is 6.61 Å². The van der Waals surface area contributed by atoms with Gasteiger partial charge in [-0.3, -0.25) is 0 Å². The van der Waals surface area contributed by atoms with Crippen LogP contribution in [0.25, 0.3) is 22.2 Å². The van der Waals surface area contributed by atoms with E-state index >= 15 is 0 Å². The van der Waals surface area contributed by atoms with E-state index in [2.05, 4.69) is 4.98 Å². The molecule has 0 spiro atoms. The number of hydrogen-bond donors (Lipinski definition) is 1. The third-order valence-corrected chi connectivity index (χ3v) is 2.85. The minimum atomic E-state index is -0.996. The summed E-state index contributed by atoms with van der Waals surface area (Å²) >= 11 is 0. The highest BCUT2D eigenvalue weighted by molar-refractivity contribution is 5.87. The monoisotopic (exact) mass is 269 g/mol. The summed E-state index contributed by atoms with van der Waals surface area (Å²) < 4.78 is 10.4. The van der Waals surface area contributed by atoms with E-state index in [-0.39, 0.29) is 6.61 Å². The normalized spacial score (nSPS) is 10.6. The third-order valence-electron chi connectivity index (χ3n) is 2.85. The van der Waals surface area contributed by atoms with E-state index in [1.54, 1.807) is 18.3 Å². The first-order chi connectivity index (χ1) is 9.72. The van der Waals surface area contributed by atoms with Crippen molar-refractivity contribution in [3.63, 3.8) is 0 Å². The molecule has 5 heteroatoms. The van der Waals surface area contributed by atoms with Crippen LogP contribution in [0.2, 0.25) is 0 Å². The number of carbonyl (C=O) groups is 1. The molecular weight excluding hydrogens is 258 g/mol. The van der Waals surface area contributed by atoms with E-state index in [0.717, 1.165) is 16.3 Å². The van der Waals surface area contributed by atoms with Gasteiger partial charge in [-0.1, -0.05) is 12.1 Å². The summed E-state index contributed by atoms with van der Waals surface area (Å²) in [7, 11) is 0. The standard InChI is InChI=1S/C15H11NO4/c17-14(18)9-20-13-4-3-10-7-12(2-1-11(10)8-13)15-16-5-6-19-15/h1-8H,9H2,(H,17,18). The molecule has 0 saturated heterocycles. The zero-order valence-corrected chi connectivity index (χ0v) is 10.4. The van der Waals surface area contributed by atoms with Crippen molar-refractivity contribution < 1.29 is 19.1 Å². The number of ether oxygens (including phenoxy) is 1. The summed E-state index contributed by atoms with van der Waals surface area (Å²) in [6, 6.07) is 11.2. The van der Waals surface area contributed by atoms with Crippen LogP contribution in [-0.2, 0) is 4.79 Å². The lowest BCUT2D eigenvalue weighted by molar-refractivity contribution is -0.139. The fraction of sp³-hybridized carbons (Fsp3) is 0.0667. The van der Waals surface area contributed by atoms with Crippen LogP contribution in [0.5, 0.6) is 5.75 Å². The molecule has 0 aliphatic heterocycles. The second-order valence-corrected chi connectivity index (χ2v) is 4.24. The van der Waals surface area contributed by atoms with Gasteiger partial charge in [-0.05, 0) is 35.0 Å². The average molecular weight is 269 g/mol. The van der Waals surface area contributed by atoms with E-state index in [0.29, 0.717) is 11.6 Å². The number of aromatic nitrogens is 1. The number of carboxylic acids is 1. The summed E-state index contributed by atoms with van der Waals surface area (Å²) in [6.45, 7) is -0.347. The zero-order chi connectivity index (χ0) is 13.9. The molecule has 100 valence electrons. The lowest BCUT2D eigenvalue weighted by atomic mass is 10.1. The fourth-order valence-corrected chi connectivity index (χ4v) is 1.96. The lowest BCUT2D eigenvalue weighted by Gasteiger charge is -2.05. The van der Waals surface area contributed by atoms with E-state index in [1.165, 1.54) is 6.26 Å². The molecule has 0 aliphatic rings. The number of carboxylic acid groups (broad SMARTS) is 1. The molecule has 0 radical (unpaired) electrons. The van der Waals surface area contributed by atoms with Crippen LogP contribution >= 0.6 is 0 Å². The van der Waals surface area contributed by atoms with E-state index < -0.39 is 5.97 Å². The topological polar surface area (TPSA) is 72.6 Å². The molecule has 3 aromatic rings. The molecule has 1 N–H and O–H groups in total. The molecule has 2 aromatic carbocycles. The maximum atomic E-state index is 10.5. The highest BCUT2D eigenvalue weighted by Gasteiger charge is 2.05. The molecule has 0 unspecified atom stereocenters. The van der Waals surface area contributed by atoms with Crippen LogP contribution in [0, 0.1) is 0 Å². The van der Waals surface area contributed by atoms with Crippen LogP contribution < -0.4 is 4.74 Å². The van der Waals surface area contributed by atoms with E-state index in [4.69, 9.17) is 14.3 Å². The Hall–Kier alpha value is -2.82. The van der Waals surface area contributed by atoms with E-state index in [1.807, 2.05) is 24.3 Å². The number of rotatable bonds is 4. The highest BCUT2D eigenvalue weighted by Crippen LogP contribution is 2.26. The molecule has 0 amide bonds. The Balaban J connectivity index is 1.93. The number of benzene rings is 2. The van der Waals surface area contributed by atoms with Crippen molar-refractivity contribution >= 4 is 16.7 Å². The average Bonchev–Trinajstić information content (AvgIpc) is 2.98. The van der Waals surface area contributed by atoms with Crippen molar-refractivity contribution in [3.05, 3.63) is 48.9 Å². The highest BCUT2D eigenvalue weighted by atomic mass is 16.5. The van der Waals surface area contributed by atoms with Crippen molar-refractivity contribution in [3.8, 4) is 17.2 Å². The first kappa shape index (κ1) is 12.2. The Morgan fingerprint density at radius 3 is 2.75 bits per heavy atom. The van der Waals surface area contributed by atoms with Crippen molar-refractivity contribution in [1.29, 1.82) is 0 Å². The predicted octanol–water partition coefficient (Wildman–Crippen LogP) is 2.96. The van der Waals surface area contributed by atoms with Crippen LogP contribution in [0.4, 0.5) is 0 Å². The summed E-state index contributed by atoms with van der Waals surface area (Å²) in [5, 5.41) is 10.6. The SMILES string of the molecule is O=C(O)COc1ccc2cc(-c3ncco3)ccc2c1. The Morgan fingerprint density at radius 1 is 1.20 bits per heavy atom. The fourth-order valence-electron chi connectivity index (χ4n) is 1.96. The Labute approximate surface area is 114 Å². The number of fused-ring (bicyclic) bond motifs is 1. The van der Waals surface area contributed by atoms with Crippen LogP contribution in [0.15, 0.2) is 53.3 Å². The van der Waals surface area contributed by atoms with Crippen molar-refractivity contribution in [2.24, 2.45) is 0 Å². The van der Waals surface area contributed by atoms with Crippen LogP contribution in [0.1, 0.15) is 0 Å². The van der Waals surface area contributed by atoms with Crippen molar-refractivity contribution in [2.45, 2.75) is 0 Å². The smallest absolute Gasteiger partial charge is 0.341 e. The summed E-state index contributed by atoms with van der Waals surface area (Å²) in [5.74, 6) is 0.103. The number of hydrogen-bond acceptors (Lipinski definition) is 4. The summed E-state index contributed by atoms with van der Waals surface area (Å²) in [6.07, 6.45) is 3.13. The molecule has 0 aliphatic carbocycles. The molecule has 5 nitrogen and oxygen atoms in total. The first-order valence-corrected chi connectivity index (χ1v) is 6.01. The Kier molecular flexibility index (Phi) is 3.09. The van der Waals surface area contributed by atoms with Gasteiger partial charge in [0.05, 0.1) is 6.20 Å². The van der Waals surface area contributed by atoms with Gasteiger partial charge < -0.3 is 14.3 Å². The lowest BCUT2D eigenvalue weighted by Crippen LogP contribution is -2.09. The largest absolute Gasteiger partial charge is 0.482 e. The van der Waals surface area contributed by atoms with Crippen LogP contribution in [0.3, 0.4) is 0 Å². The maximum absolute atomic E-state index is 10.5. The Morgan fingerprint density at radius 2 is 2.00 bits per heavy atom. The third kappa shape index (κ3) is 2.47. The number of aliphatic carboxylic acids is 1. The zero-order valence-electron chi connectivity index (χ0n) is 10.4. The molecule has 3 rings (SSSR count). The maximum Gasteiger partial charge on any atom is 0.341 e. The number of oxazole rings is 1. The summed E-state index contributed by atoms with van der Waals surface area (Å²) in [4.78, 5) is 14.6. The van der Waals surface area contributed by atoms with Gasteiger partial charge in [0.1, 0.15) is 12.0 Å². The predicted molar refractivity (Wildman–Crippen MR) is 72.6 cm³/mol. The number of nitrogens with zero attached hydrogens (tertiary/aromatic N) is 1. The van der Waals surface area contributed by atoms with Crippen molar-refractivity contribution in [2.75, 3.05) is 6.61 Å². The first-order valence-electron chi connectivity index (χ1n) is 6.01. The molecule has 0 atom stereocenters. The minimum absolute atomic E-state index is 0.347. The van der Waals surface area contributed by atoms with Gasteiger partial charge in [0.25, 0.3) is 0 Å². The molecule has 0 saturated carbocycles. The van der Waals surface area contributed by atoms with Gasteiger partial charge in [-0.15, -0.1) is 0 Å². The van der Waals surface area contributed by atoms with E-state index in [9.17, 15) is 4.79 Å². The van der Waals surface area contributed by atoms with Gasteiger partial charge >= 0.3 is 5.97 Å². The van der Waals surface area contributed by atoms with Crippen molar-refractivity contribution in [1.82, 2.24) is 4.98 Å². The molecule has 0 bridgehead atoms. The van der Waals surface area contributed by atoms with Gasteiger partial charge in [0.2, 0.25) is 5.89 Å². The van der Waals surface area contributed by atoms with Gasteiger partial charge in [-0.2, -0.15) is 0 Å².